The normalized spacial score (nSPS) is 11.3. The summed E-state index contributed by atoms with van der Waals surface area (Å²) >= 11 is 0. The molecule has 1 aromatic heterocycles. The second kappa shape index (κ2) is 9.56. The maximum atomic E-state index is 11.0. The molecule has 0 aliphatic rings. The molecule has 0 aliphatic heterocycles. The van der Waals surface area contributed by atoms with Crippen molar-refractivity contribution in [3.8, 4) is 0 Å². The maximum Gasteiger partial charge on any atom is 0.290 e. The second-order valence-corrected chi connectivity index (χ2v) is 3.61. The molecule has 0 spiro atoms. The average molecular weight is 255 g/mol. The van der Waals surface area contributed by atoms with E-state index in [1.807, 2.05) is 13.8 Å². The number of aromatic nitrogens is 1. The Hall–Kier alpha value is -1.46. The monoisotopic (exact) mass is 255 g/mol. The molecule has 0 radical (unpaired) electrons. The largest absolute Gasteiger partial charge is 0.365 e. The zero-order valence-corrected chi connectivity index (χ0v) is 11.3. The maximum absolute atomic E-state index is 11.0. The van der Waals surface area contributed by atoms with Gasteiger partial charge in [-0.1, -0.05) is 27.2 Å². The van der Waals surface area contributed by atoms with Gasteiger partial charge in [0.25, 0.3) is 12.1 Å². The van der Waals surface area contributed by atoms with Gasteiger partial charge in [0.1, 0.15) is 5.56 Å². The summed E-state index contributed by atoms with van der Waals surface area (Å²) in [7, 11) is 0. The lowest BCUT2D eigenvalue weighted by Crippen LogP contribution is -2.41. The fraction of sp³-hybridized carbons (Fsp3) is 0.538. The molecule has 1 unspecified atom stereocenters. The number of nitrogens with two attached hydrogens (primary N) is 1. The van der Waals surface area contributed by atoms with Gasteiger partial charge < -0.3 is 5.73 Å². The third-order valence-electron chi connectivity index (χ3n) is 2.37. The van der Waals surface area contributed by atoms with E-state index in [4.69, 9.17) is 11.0 Å². The second-order valence-electron chi connectivity index (χ2n) is 3.61. The average Bonchev–Trinajstić information content (AvgIpc) is 2.42. The molecule has 1 heterocycles. The standard InChI is InChI=1S/C11H16N2O3.C2H6/c1-2-3-6-10(16-15)13-7-4-5-9(8-13)11(12)14;1-2/h4-5,7-8,10H,2-3,6H2,1H3,(H2-,12,14,15);1-2H3/p+1. The summed E-state index contributed by atoms with van der Waals surface area (Å²) < 4.78 is 1.63. The first-order chi connectivity index (χ1) is 8.69. The Morgan fingerprint density at radius 2 is 2.22 bits per heavy atom. The van der Waals surface area contributed by atoms with Gasteiger partial charge in [0, 0.05) is 12.5 Å². The van der Waals surface area contributed by atoms with E-state index in [-0.39, 0.29) is 0 Å². The third kappa shape index (κ3) is 5.25. The Morgan fingerprint density at radius 3 is 2.72 bits per heavy atom. The molecule has 0 saturated heterocycles. The highest BCUT2D eigenvalue weighted by Crippen LogP contribution is 2.09. The molecule has 0 bridgehead atoms. The quantitative estimate of drug-likeness (QED) is 0.465. The predicted molar refractivity (Wildman–Crippen MR) is 68.8 cm³/mol. The van der Waals surface area contributed by atoms with E-state index >= 15 is 0 Å². The number of rotatable bonds is 6. The summed E-state index contributed by atoms with van der Waals surface area (Å²) in [5.74, 6) is -0.499. The molecule has 102 valence electrons. The summed E-state index contributed by atoms with van der Waals surface area (Å²) in [6.45, 7) is 6.05. The first-order valence-electron chi connectivity index (χ1n) is 6.30. The lowest BCUT2D eigenvalue weighted by atomic mass is 10.2. The molecule has 1 rings (SSSR count). The minimum absolute atomic E-state index is 0.390. The molecule has 1 amide bonds. The van der Waals surface area contributed by atoms with Crippen molar-refractivity contribution in [1.82, 2.24) is 0 Å². The smallest absolute Gasteiger partial charge is 0.290 e. The van der Waals surface area contributed by atoms with E-state index in [0.717, 1.165) is 12.8 Å². The van der Waals surface area contributed by atoms with Crippen molar-refractivity contribution in [2.24, 2.45) is 5.73 Å². The van der Waals surface area contributed by atoms with Gasteiger partial charge in [-0.3, -0.25) is 4.79 Å². The Morgan fingerprint density at radius 1 is 1.56 bits per heavy atom. The highest BCUT2D eigenvalue weighted by Gasteiger charge is 2.19. The Balaban J connectivity index is 0.00000137. The summed E-state index contributed by atoms with van der Waals surface area (Å²) in [6.07, 6.45) is 5.44. The summed E-state index contributed by atoms with van der Waals surface area (Å²) in [4.78, 5) is 15.4. The van der Waals surface area contributed by atoms with Crippen molar-refractivity contribution in [3.05, 3.63) is 30.1 Å². The Bertz CT molecular complexity index is 356. The van der Waals surface area contributed by atoms with E-state index in [1.54, 1.807) is 29.1 Å². The highest BCUT2D eigenvalue weighted by molar-refractivity contribution is 5.92. The number of primary amides is 1. The molecule has 0 aromatic carbocycles. The Kier molecular flexibility index (Phi) is 8.78. The number of hydrogen-bond acceptors (Lipinski definition) is 3. The van der Waals surface area contributed by atoms with E-state index in [2.05, 4.69) is 11.8 Å². The lowest BCUT2D eigenvalue weighted by Gasteiger charge is -2.08. The fourth-order valence-corrected chi connectivity index (χ4v) is 1.45. The van der Waals surface area contributed by atoms with Gasteiger partial charge in [-0.15, -0.1) is 0 Å². The van der Waals surface area contributed by atoms with Crippen molar-refractivity contribution in [2.45, 2.75) is 46.3 Å². The van der Waals surface area contributed by atoms with Crippen LogP contribution in [0.25, 0.3) is 0 Å². The summed E-state index contributed by atoms with van der Waals surface area (Å²) in [6, 6.07) is 3.31. The predicted octanol–water partition coefficient (Wildman–Crippen LogP) is 2.28. The van der Waals surface area contributed by atoms with Crippen LogP contribution < -0.4 is 10.3 Å². The van der Waals surface area contributed by atoms with Crippen LogP contribution in [-0.4, -0.2) is 11.2 Å². The van der Waals surface area contributed by atoms with Gasteiger partial charge in [0.2, 0.25) is 0 Å². The van der Waals surface area contributed by atoms with Crippen LogP contribution in [0.3, 0.4) is 0 Å². The number of pyridine rings is 1. The van der Waals surface area contributed by atoms with Gasteiger partial charge in [0.15, 0.2) is 12.4 Å². The van der Waals surface area contributed by atoms with Crippen molar-refractivity contribution >= 4 is 5.91 Å². The molecule has 0 aliphatic carbocycles. The molecule has 0 saturated carbocycles. The minimum atomic E-state index is -0.499. The van der Waals surface area contributed by atoms with Crippen LogP contribution in [0.2, 0.25) is 0 Å². The van der Waals surface area contributed by atoms with Gasteiger partial charge in [-0.2, -0.15) is 9.45 Å². The van der Waals surface area contributed by atoms with E-state index < -0.39 is 12.1 Å². The van der Waals surface area contributed by atoms with Gasteiger partial charge >= 0.3 is 0 Å². The minimum Gasteiger partial charge on any atom is -0.365 e. The van der Waals surface area contributed by atoms with Gasteiger partial charge in [-0.05, 0) is 12.5 Å². The summed E-state index contributed by atoms with van der Waals surface area (Å²) in [5.41, 5.74) is 5.56. The lowest BCUT2D eigenvalue weighted by molar-refractivity contribution is -0.785. The van der Waals surface area contributed by atoms with Crippen LogP contribution in [0.4, 0.5) is 0 Å². The van der Waals surface area contributed by atoms with Crippen molar-refractivity contribution in [3.63, 3.8) is 0 Å². The molecule has 5 nitrogen and oxygen atoms in total. The first-order valence-corrected chi connectivity index (χ1v) is 6.30. The van der Waals surface area contributed by atoms with Crippen LogP contribution in [-0.2, 0) is 4.89 Å². The summed E-state index contributed by atoms with van der Waals surface area (Å²) in [5, 5.41) is 8.80. The van der Waals surface area contributed by atoms with Gasteiger partial charge in [-0.25, -0.2) is 5.26 Å². The van der Waals surface area contributed by atoms with Crippen molar-refractivity contribution in [1.29, 1.82) is 0 Å². The first kappa shape index (κ1) is 16.5. The highest BCUT2D eigenvalue weighted by atomic mass is 17.1. The third-order valence-corrected chi connectivity index (χ3v) is 2.37. The molecule has 0 fully saturated rings. The molecular formula is C13H23N2O3+. The van der Waals surface area contributed by atoms with Crippen LogP contribution in [0.15, 0.2) is 24.5 Å². The van der Waals surface area contributed by atoms with Gasteiger partial charge in [0.05, 0.1) is 0 Å². The number of nitrogens with zero attached hydrogens (tertiary/aromatic N) is 1. The number of carbonyl (C=O) groups is 1. The molecule has 1 atom stereocenters. The number of unbranched alkanes of at least 4 members (excludes halogenated alkanes) is 1. The zero-order chi connectivity index (χ0) is 14.0. The molecule has 18 heavy (non-hydrogen) atoms. The molecule has 5 heteroatoms. The van der Waals surface area contributed by atoms with E-state index in [9.17, 15) is 4.79 Å². The van der Waals surface area contributed by atoms with Crippen molar-refractivity contribution in [2.75, 3.05) is 0 Å². The zero-order valence-electron chi connectivity index (χ0n) is 11.3. The number of amides is 1. The van der Waals surface area contributed by atoms with Crippen LogP contribution in [0.5, 0.6) is 0 Å². The van der Waals surface area contributed by atoms with Crippen LogP contribution in [0.1, 0.15) is 56.6 Å². The van der Waals surface area contributed by atoms with Crippen LogP contribution in [0, 0.1) is 0 Å². The fourth-order valence-electron chi connectivity index (χ4n) is 1.45. The Labute approximate surface area is 108 Å². The number of carbonyl (C=O) groups excluding carboxylic acids is 1. The topological polar surface area (TPSA) is 76.4 Å². The molecular weight excluding hydrogens is 232 g/mol. The SMILES string of the molecule is CC.CCCCC(OO)[n+]1cccc(C(N)=O)c1. The molecule has 3 N–H and O–H groups in total. The van der Waals surface area contributed by atoms with E-state index in [1.165, 1.54) is 0 Å². The number of hydrogen-bond donors (Lipinski definition) is 2. The van der Waals surface area contributed by atoms with E-state index in [0.29, 0.717) is 12.0 Å². The van der Waals surface area contributed by atoms with Crippen LogP contribution >= 0.6 is 0 Å². The van der Waals surface area contributed by atoms with Crippen molar-refractivity contribution < 1.29 is 19.5 Å². The molecule has 1 aromatic rings.